The lowest BCUT2D eigenvalue weighted by molar-refractivity contribution is -0.233. The third-order valence-corrected chi connectivity index (χ3v) is 3.98. The van der Waals surface area contributed by atoms with Crippen LogP contribution in [-0.2, 0) is 4.74 Å². The van der Waals surface area contributed by atoms with E-state index in [2.05, 4.69) is 0 Å². The Balaban J connectivity index is 2.83. The summed E-state index contributed by atoms with van der Waals surface area (Å²) in [6, 6.07) is -1.36. The number of nitrogens with two attached hydrogens (primary N) is 1. The van der Waals surface area contributed by atoms with Crippen molar-refractivity contribution in [2.75, 3.05) is 13.2 Å². The predicted molar refractivity (Wildman–Crippen MR) is 72.9 cm³/mol. The van der Waals surface area contributed by atoms with Gasteiger partial charge < -0.3 is 56.4 Å². The molecule has 1 fully saturated rings. The van der Waals surface area contributed by atoms with E-state index in [-0.39, 0.29) is 0 Å². The van der Waals surface area contributed by atoms with Crippen LogP contribution in [0.2, 0.25) is 0 Å². The molecule has 10 atom stereocenters. The fourth-order valence-corrected chi connectivity index (χ4v) is 2.41. The van der Waals surface area contributed by atoms with Crippen molar-refractivity contribution < 1.29 is 50.7 Å². The second-order valence-electron chi connectivity index (χ2n) is 5.59. The summed E-state index contributed by atoms with van der Waals surface area (Å²) in [4.78, 5) is 0. The molecule has 1 saturated heterocycles. The molecule has 0 unspecified atom stereocenters. The van der Waals surface area contributed by atoms with Crippen molar-refractivity contribution in [3.8, 4) is 0 Å². The Morgan fingerprint density at radius 2 is 1.43 bits per heavy atom. The van der Waals surface area contributed by atoms with E-state index in [4.69, 9.17) is 20.7 Å². The van der Waals surface area contributed by atoms with Crippen LogP contribution in [-0.4, -0.2) is 120 Å². The van der Waals surface area contributed by atoms with Crippen LogP contribution in [0.25, 0.3) is 0 Å². The molecule has 0 spiro atoms. The van der Waals surface area contributed by atoms with Crippen molar-refractivity contribution in [3.63, 3.8) is 0 Å². The molecule has 1 rings (SSSR count). The van der Waals surface area contributed by atoms with Crippen molar-refractivity contribution in [1.29, 1.82) is 0 Å². The van der Waals surface area contributed by atoms with Gasteiger partial charge in [-0.15, -0.1) is 0 Å². The first-order chi connectivity index (χ1) is 10.7. The number of ether oxygens (including phenoxy) is 1. The van der Waals surface area contributed by atoms with Crippen LogP contribution in [0.3, 0.4) is 0 Å². The fraction of sp³-hybridized carbons (Fsp3) is 1.00. The Kier molecular flexibility index (Phi) is 7.70. The minimum absolute atomic E-state index is 0.696. The second-order valence-corrected chi connectivity index (χ2v) is 5.59. The molecule has 0 aromatic rings. The first-order valence-corrected chi connectivity index (χ1v) is 7.06. The second kappa shape index (κ2) is 8.60. The van der Waals surface area contributed by atoms with Gasteiger partial charge in [-0.2, -0.15) is 0 Å². The van der Waals surface area contributed by atoms with Crippen molar-refractivity contribution in [3.05, 3.63) is 0 Å². The van der Waals surface area contributed by atoms with E-state index in [1.807, 2.05) is 0 Å². The van der Waals surface area contributed by atoms with E-state index >= 15 is 0 Å². The van der Waals surface area contributed by atoms with Crippen LogP contribution in [0.4, 0.5) is 0 Å². The van der Waals surface area contributed by atoms with Crippen LogP contribution >= 0.6 is 0 Å². The Bertz CT molecular complexity index is 359. The van der Waals surface area contributed by atoms with Gasteiger partial charge in [0, 0.05) is 0 Å². The molecule has 1 heterocycles. The van der Waals surface area contributed by atoms with Gasteiger partial charge in [0.2, 0.25) is 0 Å². The summed E-state index contributed by atoms with van der Waals surface area (Å²) in [5, 5.41) is 85.6. The molecule has 138 valence electrons. The molecule has 0 amide bonds. The van der Waals surface area contributed by atoms with Gasteiger partial charge in [-0.3, -0.25) is 0 Å². The van der Waals surface area contributed by atoms with Crippen LogP contribution in [0.15, 0.2) is 0 Å². The predicted octanol–water partition coefficient (Wildman–Crippen LogP) is -6.41. The number of aliphatic hydroxyl groups excluding tert-OH is 9. The number of rotatable bonds is 7. The third kappa shape index (κ3) is 4.35. The number of hydrogen-bond donors (Lipinski definition) is 10. The van der Waals surface area contributed by atoms with Crippen molar-refractivity contribution in [1.82, 2.24) is 0 Å². The lowest BCUT2D eigenvalue weighted by Crippen LogP contribution is -2.67. The zero-order valence-corrected chi connectivity index (χ0v) is 12.2. The van der Waals surface area contributed by atoms with Gasteiger partial charge in [-0.1, -0.05) is 0 Å². The molecular weight excluding hydrogens is 318 g/mol. The molecule has 11 heteroatoms. The normalized spacial score (nSPS) is 38.6. The van der Waals surface area contributed by atoms with Crippen LogP contribution in [0.5, 0.6) is 0 Å². The topological polar surface area (TPSA) is 217 Å². The Morgan fingerprint density at radius 1 is 0.870 bits per heavy atom. The maximum atomic E-state index is 10.1. The van der Waals surface area contributed by atoms with Gasteiger partial charge >= 0.3 is 0 Å². The molecule has 11 nitrogen and oxygen atoms in total. The molecule has 23 heavy (non-hydrogen) atoms. The van der Waals surface area contributed by atoms with Crippen LogP contribution < -0.4 is 5.73 Å². The standard InChI is InChI=1S/C12H25NO10/c13-5-8(19)7(18)4(2-15)23-12(5)11(22)10(21)9(20)6(17)3(16)1-14/h3-12,14-22H,1-2,13H2/t3-,4+,5+,6-,7+,8+,9+,10+,11-,12+/m1/s1. The molecule has 0 bridgehead atoms. The molecule has 11 N–H and O–H groups in total. The summed E-state index contributed by atoms with van der Waals surface area (Å²) in [5.74, 6) is 0. The Hall–Kier alpha value is -0.440. The lowest BCUT2D eigenvalue weighted by Gasteiger charge is -2.44. The smallest absolute Gasteiger partial charge is 0.111 e. The van der Waals surface area contributed by atoms with E-state index in [1.54, 1.807) is 0 Å². The van der Waals surface area contributed by atoms with Crippen molar-refractivity contribution >= 4 is 0 Å². The first kappa shape index (κ1) is 20.6. The monoisotopic (exact) mass is 343 g/mol. The van der Waals surface area contributed by atoms with E-state index < -0.39 is 74.2 Å². The van der Waals surface area contributed by atoms with Crippen LogP contribution in [0, 0.1) is 0 Å². The summed E-state index contributed by atoms with van der Waals surface area (Å²) >= 11 is 0. The highest BCUT2D eigenvalue weighted by Gasteiger charge is 2.48. The zero-order chi connectivity index (χ0) is 17.9. The molecule has 0 aliphatic carbocycles. The molecule has 0 radical (unpaired) electrons. The van der Waals surface area contributed by atoms with Crippen LogP contribution in [0.1, 0.15) is 0 Å². The number of aliphatic hydroxyl groups is 9. The zero-order valence-electron chi connectivity index (χ0n) is 12.2. The summed E-state index contributed by atoms with van der Waals surface area (Å²) in [5.41, 5.74) is 5.61. The van der Waals surface area contributed by atoms with Gasteiger partial charge in [-0.25, -0.2) is 0 Å². The summed E-state index contributed by atoms with van der Waals surface area (Å²) in [6.45, 7) is -1.59. The van der Waals surface area contributed by atoms with Gasteiger partial charge in [0.15, 0.2) is 0 Å². The van der Waals surface area contributed by atoms with Gasteiger partial charge in [0.05, 0.1) is 19.3 Å². The maximum absolute atomic E-state index is 10.1. The number of hydrogen-bond acceptors (Lipinski definition) is 11. The third-order valence-electron chi connectivity index (χ3n) is 3.98. The minimum Gasteiger partial charge on any atom is -0.394 e. The molecule has 0 aromatic heterocycles. The highest BCUT2D eigenvalue weighted by molar-refractivity contribution is 5.00. The van der Waals surface area contributed by atoms with E-state index in [9.17, 15) is 35.7 Å². The summed E-state index contributed by atoms with van der Waals surface area (Å²) < 4.78 is 5.13. The summed E-state index contributed by atoms with van der Waals surface area (Å²) in [7, 11) is 0. The highest BCUT2D eigenvalue weighted by atomic mass is 16.5. The summed E-state index contributed by atoms with van der Waals surface area (Å²) in [6.07, 6.45) is -15.6. The maximum Gasteiger partial charge on any atom is 0.111 e. The van der Waals surface area contributed by atoms with E-state index in [0.29, 0.717) is 0 Å². The molecule has 1 aliphatic rings. The Morgan fingerprint density at radius 3 is 1.91 bits per heavy atom. The quantitative estimate of drug-likeness (QED) is 0.209. The average Bonchev–Trinajstić information content (AvgIpc) is 2.56. The van der Waals surface area contributed by atoms with Crippen molar-refractivity contribution in [2.45, 2.75) is 61.0 Å². The molecule has 0 saturated carbocycles. The van der Waals surface area contributed by atoms with E-state index in [1.165, 1.54) is 0 Å². The lowest BCUT2D eigenvalue weighted by atomic mass is 9.87. The minimum atomic E-state index is -2.06. The molecular formula is C12H25NO10. The SMILES string of the molecule is N[C@H]1[C@H](O)[C@@H](O)[C@H](CO)O[C@@H]1[C@H](O)[C@@H](O)[C@@H](O)[C@H](O)[C@H](O)CO. The van der Waals surface area contributed by atoms with E-state index in [0.717, 1.165) is 0 Å². The van der Waals surface area contributed by atoms with Gasteiger partial charge in [0.25, 0.3) is 0 Å². The largest absolute Gasteiger partial charge is 0.394 e. The fourth-order valence-electron chi connectivity index (χ4n) is 2.41. The van der Waals surface area contributed by atoms with Gasteiger partial charge in [0.1, 0.15) is 54.9 Å². The average molecular weight is 343 g/mol. The Labute approximate surface area is 131 Å². The molecule has 1 aliphatic heterocycles. The highest BCUT2D eigenvalue weighted by Crippen LogP contribution is 2.24. The van der Waals surface area contributed by atoms with Gasteiger partial charge in [-0.05, 0) is 0 Å². The molecule has 0 aromatic carbocycles. The first-order valence-electron chi connectivity index (χ1n) is 7.06. The van der Waals surface area contributed by atoms with Crippen molar-refractivity contribution in [2.24, 2.45) is 5.73 Å².